The molecule has 0 aliphatic heterocycles. The smallest absolute Gasteiger partial charge is 0.329 e. The highest BCUT2D eigenvalue weighted by molar-refractivity contribution is 6.31. The zero-order chi connectivity index (χ0) is 14.0. The highest BCUT2D eigenvalue weighted by Crippen LogP contribution is 2.30. The Morgan fingerprint density at radius 3 is 2.53 bits per heavy atom. The van der Waals surface area contributed by atoms with Gasteiger partial charge in [-0.2, -0.15) is 0 Å². The fourth-order valence-electron chi connectivity index (χ4n) is 2.51. The van der Waals surface area contributed by atoms with Gasteiger partial charge >= 0.3 is 5.97 Å². The summed E-state index contributed by atoms with van der Waals surface area (Å²) in [6.07, 6.45) is 2.60. The Morgan fingerprint density at radius 1 is 1.32 bits per heavy atom. The van der Waals surface area contributed by atoms with E-state index in [0.29, 0.717) is 29.0 Å². The van der Waals surface area contributed by atoms with Crippen molar-refractivity contribution in [1.82, 2.24) is 5.32 Å². The van der Waals surface area contributed by atoms with E-state index in [4.69, 9.17) is 11.6 Å². The monoisotopic (exact) mass is 281 g/mol. The van der Waals surface area contributed by atoms with Crippen LogP contribution in [0.4, 0.5) is 0 Å². The molecule has 0 spiro atoms. The first kappa shape index (κ1) is 13.9. The number of aliphatic carboxylic acids is 1. The SMILES string of the molecule is Cc1c(Cl)cccc1C(=O)NC1(C(=O)O)CCCC1. The number of benzene rings is 1. The Balaban J connectivity index is 2.25. The third-order valence-corrected chi connectivity index (χ3v) is 4.14. The standard InChI is InChI=1S/C14H16ClNO3/c1-9-10(5-4-6-11(9)15)12(17)16-14(13(18)19)7-2-3-8-14/h4-6H,2-3,7-8H2,1H3,(H,16,17)(H,18,19). The van der Waals surface area contributed by atoms with Crippen LogP contribution in [-0.2, 0) is 4.79 Å². The number of rotatable bonds is 3. The van der Waals surface area contributed by atoms with Gasteiger partial charge in [-0.25, -0.2) is 4.79 Å². The van der Waals surface area contributed by atoms with E-state index in [1.54, 1.807) is 25.1 Å². The molecule has 0 radical (unpaired) electrons. The van der Waals surface area contributed by atoms with Gasteiger partial charge in [0.05, 0.1) is 0 Å². The molecule has 2 N–H and O–H groups in total. The maximum Gasteiger partial charge on any atom is 0.329 e. The second-order valence-electron chi connectivity index (χ2n) is 4.96. The topological polar surface area (TPSA) is 66.4 Å². The third-order valence-electron chi connectivity index (χ3n) is 3.73. The van der Waals surface area contributed by atoms with Gasteiger partial charge in [0.15, 0.2) is 0 Å². The van der Waals surface area contributed by atoms with Crippen LogP contribution in [0.3, 0.4) is 0 Å². The van der Waals surface area contributed by atoms with Gasteiger partial charge in [-0.15, -0.1) is 0 Å². The molecule has 1 aromatic rings. The summed E-state index contributed by atoms with van der Waals surface area (Å²) in [6.45, 7) is 1.75. The fraction of sp³-hybridized carbons (Fsp3) is 0.429. The predicted octanol–water partition coefficient (Wildman–Crippen LogP) is 2.78. The van der Waals surface area contributed by atoms with Crippen molar-refractivity contribution >= 4 is 23.5 Å². The summed E-state index contributed by atoms with van der Waals surface area (Å²) in [4.78, 5) is 23.7. The van der Waals surface area contributed by atoms with Crippen LogP contribution < -0.4 is 5.32 Å². The summed E-state index contributed by atoms with van der Waals surface area (Å²) in [5.74, 6) is -1.33. The number of halogens is 1. The van der Waals surface area contributed by atoms with Crippen molar-refractivity contribution in [3.05, 3.63) is 34.3 Å². The number of carbonyl (C=O) groups excluding carboxylic acids is 1. The minimum Gasteiger partial charge on any atom is -0.480 e. The predicted molar refractivity (Wildman–Crippen MR) is 72.5 cm³/mol. The molecule has 1 aromatic carbocycles. The number of carbonyl (C=O) groups is 2. The average Bonchev–Trinajstić information content (AvgIpc) is 2.82. The lowest BCUT2D eigenvalue weighted by atomic mass is 9.96. The van der Waals surface area contributed by atoms with E-state index in [1.807, 2.05) is 0 Å². The number of amides is 1. The maximum absolute atomic E-state index is 12.3. The van der Waals surface area contributed by atoms with E-state index in [-0.39, 0.29) is 5.91 Å². The summed E-state index contributed by atoms with van der Waals surface area (Å²) >= 11 is 5.98. The van der Waals surface area contributed by atoms with Crippen LogP contribution in [-0.4, -0.2) is 22.5 Å². The maximum atomic E-state index is 12.3. The molecular weight excluding hydrogens is 266 g/mol. The first-order chi connectivity index (χ1) is 8.96. The van der Waals surface area contributed by atoms with Crippen LogP contribution in [0.15, 0.2) is 18.2 Å². The Kier molecular flexibility index (Phi) is 3.80. The van der Waals surface area contributed by atoms with Crippen molar-refractivity contribution in [1.29, 1.82) is 0 Å². The van der Waals surface area contributed by atoms with Gasteiger partial charge in [-0.1, -0.05) is 30.5 Å². The Morgan fingerprint density at radius 2 is 1.95 bits per heavy atom. The largest absolute Gasteiger partial charge is 0.480 e. The normalized spacial score (nSPS) is 17.2. The summed E-state index contributed by atoms with van der Waals surface area (Å²) < 4.78 is 0. The zero-order valence-corrected chi connectivity index (χ0v) is 11.5. The molecule has 1 aliphatic carbocycles. The van der Waals surface area contributed by atoms with Crippen molar-refractivity contribution in [2.24, 2.45) is 0 Å². The van der Waals surface area contributed by atoms with Crippen LogP contribution in [0.25, 0.3) is 0 Å². The van der Waals surface area contributed by atoms with Crippen LogP contribution in [0.2, 0.25) is 5.02 Å². The molecule has 2 rings (SSSR count). The molecule has 102 valence electrons. The van der Waals surface area contributed by atoms with Gasteiger partial charge in [0, 0.05) is 10.6 Å². The van der Waals surface area contributed by atoms with Gasteiger partial charge in [0.1, 0.15) is 5.54 Å². The molecule has 4 nitrogen and oxygen atoms in total. The van der Waals surface area contributed by atoms with E-state index in [9.17, 15) is 14.7 Å². The molecule has 0 atom stereocenters. The summed E-state index contributed by atoms with van der Waals surface area (Å²) in [5, 5.41) is 12.5. The molecular formula is C14H16ClNO3. The summed E-state index contributed by atoms with van der Waals surface area (Å²) in [6, 6.07) is 5.05. The summed E-state index contributed by atoms with van der Waals surface area (Å²) in [7, 11) is 0. The summed E-state index contributed by atoms with van der Waals surface area (Å²) in [5.41, 5.74) is -0.0218. The zero-order valence-electron chi connectivity index (χ0n) is 10.7. The molecule has 0 unspecified atom stereocenters. The van der Waals surface area contributed by atoms with Crippen LogP contribution in [0.5, 0.6) is 0 Å². The minimum absolute atomic E-state index is 0.371. The fourth-order valence-corrected chi connectivity index (χ4v) is 2.68. The lowest BCUT2D eigenvalue weighted by molar-refractivity contribution is -0.144. The molecule has 5 heteroatoms. The average molecular weight is 282 g/mol. The van der Waals surface area contributed by atoms with E-state index in [1.165, 1.54) is 0 Å². The van der Waals surface area contributed by atoms with Crippen molar-refractivity contribution in [2.45, 2.75) is 38.1 Å². The van der Waals surface area contributed by atoms with Gasteiger partial charge < -0.3 is 10.4 Å². The van der Waals surface area contributed by atoms with E-state index < -0.39 is 11.5 Å². The van der Waals surface area contributed by atoms with Gasteiger partial charge in [-0.3, -0.25) is 4.79 Å². The highest BCUT2D eigenvalue weighted by atomic mass is 35.5. The second-order valence-corrected chi connectivity index (χ2v) is 5.37. The highest BCUT2D eigenvalue weighted by Gasteiger charge is 2.42. The number of carboxylic acids is 1. The molecule has 1 aliphatic rings. The molecule has 0 bridgehead atoms. The van der Waals surface area contributed by atoms with Crippen molar-refractivity contribution in [3.8, 4) is 0 Å². The second kappa shape index (κ2) is 5.21. The van der Waals surface area contributed by atoms with Crippen molar-refractivity contribution in [3.63, 3.8) is 0 Å². The number of hydrogen-bond acceptors (Lipinski definition) is 2. The molecule has 0 saturated heterocycles. The lowest BCUT2D eigenvalue weighted by Gasteiger charge is -2.25. The van der Waals surface area contributed by atoms with Gasteiger partial charge in [0.2, 0.25) is 0 Å². The number of carboxylic acid groups (broad SMARTS) is 1. The van der Waals surface area contributed by atoms with Crippen LogP contribution >= 0.6 is 11.6 Å². The lowest BCUT2D eigenvalue weighted by Crippen LogP contribution is -2.52. The van der Waals surface area contributed by atoms with Gasteiger partial charge in [0.25, 0.3) is 5.91 Å². The molecule has 19 heavy (non-hydrogen) atoms. The van der Waals surface area contributed by atoms with Gasteiger partial charge in [-0.05, 0) is 37.5 Å². The van der Waals surface area contributed by atoms with Crippen molar-refractivity contribution < 1.29 is 14.7 Å². The first-order valence-electron chi connectivity index (χ1n) is 6.27. The Bertz CT molecular complexity index is 521. The van der Waals surface area contributed by atoms with E-state index in [0.717, 1.165) is 12.8 Å². The minimum atomic E-state index is -1.12. The Hall–Kier alpha value is -1.55. The number of hydrogen-bond donors (Lipinski definition) is 2. The molecule has 0 heterocycles. The molecule has 1 saturated carbocycles. The molecule has 1 amide bonds. The van der Waals surface area contributed by atoms with E-state index >= 15 is 0 Å². The quantitative estimate of drug-likeness (QED) is 0.895. The molecule has 1 fully saturated rings. The van der Waals surface area contributed by atoms with Crippen molar-refractivity contribution in [2.75, 3.05) is 0 Å². The third kappa shape index (κ3) is 2.59. The number of nitrogens with one attached hydrogen (secondary N) is 1. The van der Waals surface area contributed by atoms with Crippen LogP contribution in [0.1, 0.15) is 41.6 Å². The van der Waals surface area contributed by atoms with E-state index in [2.05, 4.69) is 5.32 Å². The van der Waals surface area contributed by atoms with Crippen LogP contribution in [0, 0.1) is 6.92 Å². The first-order valence-corrected chi connectivity index (χ1v) is 6.65. The Labute approximate surface area is 116 Å². The molecule has 0 aromatic heterocycles.